The lowest BCUT2D eigenvalue weighted by Crippen LogP contribution is -2.23. The molecule has 18 heavy (non-hydrogen) atoms. The number of methoxy groups -OCH3 is 1. The number of rotatable bonds is 4. The van der Waals surface area contributed by atoms with Crippen LogP contribution in [-0.4, -0.2) is 47.3 Å². The maximum Gasteiger partial charge on any atom is 0.354 e. The summed E-state index contributed by atoms with van der Waals surface area (Å²) in [7, 11) is 1.37. The fourth-order valence-electron chi connectivity index (χ4n) is 2.42. The van der Waals surface area contributed by atoms with Crippen molar-refractivity contribution in [3.05, 3.63) is 23.5 Å². The first-order valence-corrected chi connectivity index (χ1v) is 6.26. The molecule has 5 nitrogen and oxygen atoms in total. The number of likely N-dealkylation sites (tertiary alicyclic amines) is 1. The fraction of sp³-hybridized carbons (Fsp3) is 0.615. The average Bonchev–Trinajstić information content (AvgIpc) is 2.98. The van der Waals surface area contributed by atoms with E-state index in [0.717, 1.165) is 31.6 Å². The zero-order valence-corrected chi connectivity index (χ0v) is 10.8. The van der Waals surface area contributed by atoms with Crippen molar-refractivity contribution >= 4 is 5.97 Å². The summed E-state index contributed by atoms with van der Waals surface area (Å²) in [5.41, 5.74) is 1.56. The quantitative estimate of drug-likeness (QED) is 0.785. The summed E-state index contributed by atoms with van der Waals surface area (Å²) >= 11 is 0. The van der Waals surface area contributed by atoms with Crippen molar-refractivity contribution in [1.29, 1.82) is 0 Å². The molecule has 1 aromatic heterocycles. The van der Waals surface area contributed by atoms with Crippen molar-refractivity contribution in [3.8, 4) is 0 Å². The lowest BCUT2D eigenvalue weighted by molar-refractivity contribution is 0.0595. The summed E-state index contributed by atoms with van der Waals surface area (Å²) in [4.78, 5) is 16.5. The van der Waals surface area contributed by atoms with Crippen LogP contribution in [0.5, 0.6) is 0 Å². The number of nitrogens with one attached hydrogen (secondary N) is 1. The van der Waals surface area contributed by atoms with E-state index in [1.807, 2.05) is 19.2 Å². The predicted molar refractivity (Wildman–Crippen MR) is 67.2 cm³/mol. The van der Waals surface area contributed by atoms with Crippen molar-refractivity contribution in [2.45, 2.75) is 26.0 Å². The van der Waals surface area contributed by atoms with E-state index in [1.165, 1.54) is 7.11 Å². The minimum atomic E-state index is -0.343. The summed E-state index contributed by atoms with van der Waals surface area (Å²) in [5, 5.41) is 9.55. The Kier molecular flexibility index (Phi) is 4.04. The minimum absolute atomic E-state index is 0.244. The number of carbonyl (C=O) groups excluding carboxylic acids is 1. The van der Waals surface area contributed by atoms with Gasteiger partial charge in [0.1, 0.15) is 5.69 Å². The molecule has 2 atom stereocenters. The van der Waals surface area contributed by atoms with Crippen LogP contribution in [-0.2, 0) is 11.3 Å². The fourth-order valence-corrected chi connectivity index (χ4v) is 2.42. The Hall–Kier alpha value is -1.33. The zero-order valence-electron chi connectivity index (χ0n) is 10.8. The van der Waals surface area contributed by atoms with Gasteiger partial charge in [0.05, 0.1) is 13.2 Å². The van der Waals surface area contributed by atoms with Crippen LogP contribution < -0.4 is 0 Å². The normalized spacial score (nSPS) is 22.1. The monoisotopic (exact) mass is 252 g/mol. The van der Waals surface area contributed by atoms with E-state index in [-0.39, 0.29) is 12.1 Å². The second-order valence-electron chi connectivity index (χ2n) is 4.94. The van der Waals surface area contributed by atoms with Gasteiger partial charge in [-0.3, -0.25) is 4.90 Å². The maximum absolute atomic E-state index is 11.3. The zero-order chi connectivity index (χ0) is 13.1. The molecule has 0 saturated carbocycles. The van der Waals surface area contributed by atoms with Gasteiger partial charge in [-0.05, 0) is 37.4 Å². The molecule has 2 heterocycles. The van der Waals surface area contributed by atoms with Gasteiger partial charge in [-0.15, -0.1) is 0 Å². The first-order valence-electron chi connectivity index (χ1n) is 6.26. The van der Waals surface area contributed by atoms with E-state index in [0.29, 0.717) is 11.6 Å². The number of aromatic nitrogens is 1. The van der Waals surface area contributed by atoms with Crippen molar-refractivity contribution in [1.82, 2.24) is 9.88 Å². The highest BCUT2D eigenvalue weighted by atomic mass is 16.5. The van der Waals surface area contributed by atoms with Crippen molar-refractivity contribution in [2.24, 2.45) is 5.92 Å². The van der Waals surface area contributed by atoms with Crippen LogP contribution in [0.3, 0.4) is 0 Å². The number of H-pyrrole nitrogens is 1. The molecule has 0 bridgehead atoms. The lowest BCUT2D eigenvalue weighted by atomic mass is 10.0. The van der Waals surface area contributed by atoms with Gasteiger partial charge in [-0.2, -0.15) is 0 Å². The largest absolute Gasteiger partial charge is 0.464 e. The molecule has 2 rings (SSSR count). The molecule has 0 amide bonds. The smallest absolute Gasteiger partial charge is 0.354 e. The second-order valence-corrected chi connectivity index (χ2v) is 4.94. The van der Waals surface area contributed by atoms with Crippen LogP contribution in [0, 0.1) is 5.92 Å². The number of esters is 1. The second kappa shape index (κ2) is 5.54. The number of ether oxygens (including phenoxy) is 1. The van der Waals surface area contributed by atoms with Gasteiger partial charge in [0.2, 0.25) is 0 Å². The van der Waals surface area contributed by atoms with Gasteiger partial charge in [-0.1, -0.05) is 0 Å². The molecule has 100 valence electrons. The summed E-state index contributed by atoms with van der Waals surface area (Å²) in [6.07, 6.45) is 2.63. The number of aromatic amines is 1. The molecule has 0 aromatic carbocycles. The molecular formula is C13H20N2O3. The lowest BCUT2D eigenvalue weighted by Gasteiger charge is -2.16. The van der Waals surface area contributed by atoms with Crippen LogP contribution in [0.2, 0.25) is 0 Å². The molecule has 1 fully saturated rings. The molecule has 1 aliphatic rings. The Balaban J connectivity index is 1.91. The SMILES string of the molecule is COC(=O)c1cc(CN2CCC(C(C)O)C2)c[nH]1. The van der Waals surface area contributed by atoms with Gasteiger partial charge in [0.25, 0.3) is 0 Å². The molecule has 2 unspecified atom stereocenters. The Bertz CT molecular complexity index is 414. The summed E-state index contributed by atoms with van der Waals surface area (Å²) in [6, 6.07) is 1.82. The molecule has 1 aromatic rings. The van der Waals surface area contributed by atoms with E-state index in [2.05, 4.69) is 14.6 Å². The molecular weight excluding hydrogens is 232 g/mol. The van der Waals surface area contributed by atoms with Crippen molar-refractivity contribution in [2.75, 3.05) is 20.2 Å². The molecule has 2 N–H and O–H groups in total. The highest BCUT2D eigenvalue weighted by Crippen LogP contribution is 2.21. The number of carbonyl (C=O) groups is 1. The number of hydrogen-bond acceptors (Lipinski definition) is 4. The van der Waals surface area contributed by atoms with Gasteiger partial charge < -0.3 is 14.8 Å². The number of hydrogen-bond donors (Lipinski definition) is 2. The van der Waals surface area contributed by atoms with Crippen molar-refractivity contribution < 1.29 is 14.6 Å². The van der Waals surface area contributed by atoms with Crippen molar-refractivity contribution in [3.63, 3.8) is 0 Å². The Morgan fingerprint density at radius 1 is 1.72 bits per heavy atom. The standard InChI is InChI=1S/C13H20N2O3/c1-9(16)11-3-4-15(8-11)7-10-5-12(14-6-10)13(17)18-2/h5-6,9,11,14,16H,3-4,7-8H2,1-2H3. The van der Waals surface area contributed by atoms with Gasteiger partial charge in [0.15, 0.2) is 0 Å². The van der Waals surface area contributed by atoms with Gasteiger partial charge in [-0.25, -0.2) is 4.79 Å². The summed E-state index contributed by atoms with van der Waals surface area (Å²) in [6.45, 7) is 4.56. The summed E-state index contributed by atoms with van der Waals surface area (Å²) < 4.78 is 4.65. The van der Waals surface area contributed by atoms with E-state index in [4.69, 9.17) is 0 Å². The van der Waals surface area contributed by atoms with E-state index >= 15 is 0 Å². The van der Waals surface area contributed by atoms with Crippen LogP contribution in [0.15, 0.2) is 12.3 Å². The molecule has 5 heteroatoms. The first-order chi connectivity index (χ1) is 8.60. The molecule has 1 aliphatic heterocycles. The minimum Gasteiger partial charge on any atom is -0.464 e. The summed E-state index contributed by atoms with van der Waals surface area (Å²) in [5.74, 6) is 0.0218. The molecule has 0 spiro atoms. The van der Waals surface area contributed by atoms with E-state index in [1.54, 1.807) is 0 Å². The Morgan fingerprint density at radius 2 is 2.50 bits per heavy atom. The average molecular weight is 252 g/mol. The topological polar surface area (TPSA) is 65.6 Å². The third kappa shape index (κ3) is 2.91. The van der Waals surface area contributed by atoms with Crippen LogP contribution in [0.25, 0.3) is 0 Å². The number of aliphatic hydroxyl groups is 1. The highest BCUT2D eigenvalue weighted by Gasteiger charge is 2.26. The highest BCUT2D eigenvalue weighted by molar-refractivity contribution is 5.87. The van der Waals surface area contributed by atoms with Crippen LogP contribution in [0.1, 0.15) is 29.4 Å². The Morgan fingerprint density at radius 3 is 3.11 bits per heavy atom. The van der Waals surface area contributed by atoms with Gasteiger partial charge >= 0.3 is 5.97 Å². The van der Waals surface area contributed by atoms with Gasteiger partial charge in [0, 0.05) is 19.3 Å². The van der Waals surface area contributed by atoms with E-state index < -0.39 is 0 Å². The Labute approximate surface area is 107 Å². The van der Waals surface area contributed by atoms with Crippen LogP contribution in [0.4, 0.5) is 0 Å². The first kappa shape index (κ1) is 13.1. The molecule has 0 radical (unpaired) electrons. The third-order valence-electron chi connectivity index (χ3n) is 3.55. The number of aliphatic hydroxyl groups excluding tert-OH is 1. The third-order valence-corrected chi connectivity index (χ3v) is 3.55. The number of nitrogens with zero attached hydrogens (tertiary/aromatic N) is 1. The molecule has 0 aliphatic carbocycles. The molecule has 1 saturated heterocycles. The predicted octanol–water partition coefficient (Wildman–Crippen LogP) is 1.00. The maximum atomic E-state index is 11.3. The van der Waals surface area contributed by atoms with Crippen LogP contribution >= 0.6 is 0 Å². The van der Waals surface area contributed by atoms with E-state index in [9.17, 15) is 9.90 Å².